The minimum Gasteiger partial charge on any atom is -0.351 e. The van der Waals surface area contributed by atoms with E-state index in [1.54, 1.807) is 0 Å². The van der Waals surface area contributed by atoms with Crippen molar-refractivity contribution in [2.75, 3.05) is 19.6 Å². The van der Waals surface area contributed by atoms with Crippen molar-refractivity contribution in [1.82, 2.24) is 15.5 Å². The molecule has 0 aliphatic carbocycles. The zero-order chi connectivity index (χ0) is 18.5. The van der Waals surface area contributed by atoms with Gasteiger partial charge in [0.25, 0.3) is 0 Å². The first-order valence-corrected chi connectivity index (χ1v) is 10.2. The number of rotatable bonds is 6. The molecule has 2 N–H and O–H groups in total. The molecule has 0 radical (unpaired) electrons. The number of benzene rings is 2. The van der Waals surface area contributed by atoms with E-state index in [1.807, 2.05) is 6.07 Å². The maximum absolute atomic E-state index is 12.3. The van der Waals surface area contributed by atoms with E-state index in [2.05, 4.69) is 58.0 Å². The molecule has 4 rings (SSSR count). The molecule has 4 nitrogen and oxygen atoms in total. The predicted molar refractivity (Wildman–Crippen MR) is 117 cm³/mol. The molecule has 2 aromatic rings. The topological polar surface area (TPSA) is 44.4 Å². The third-order valence-electron chi connectivity index (χ3n) is 5.72. The lowest BCUT2D eigenvalue weighted by Crippen LogP contribution is -2.40. The first-order valence-electron chi connectivity index (χ1n) is 10.2. The number of hydrogen-bond donors (Lipinski definition) is 2. The highest BCUT2D eigenvalue weighted by Crippen LogP contribution is 2.25. The van der Waals surface area contributed by atoms with Gasteiger partial charge >= 0.3 is 0 Å². The van der Waals surface area contributed by atoms with Crippen LogP contribution in [0.3, 0.4) is 0 Å². The molecule has 0 saturated carbocycles. The summed E-state index contributed by atoms with van der Waals surface area (Å²) in [7, 11) is 0. The van der Waals surface area contributed by atoms with Crippen molar-refractivity contribution in [3.63, 3.8) is 0 Å². The Hall–Kier alpha value is -1.88. The van der Waals surface area contributed by atoms with Crippen molar-refractivity contribution in [1.29, 1.82) is 0 Å². The molecule has 1 unspecified atom stereocenters. The van der Waals surface area contributed by atoms with E-state index in [1.165, 1.54) is 42.6 Å². The highest BCUT2D eigenvalue weighted by atomic mass is 35.5. The Bertz CT molecular complexity index is 766. The summed E-state index contributed by atoms with van der Waals surface area (Å²) in [6.45, 7) is 5.01. The SMILES string of the molecule is Cl.O=C(NCc1ccccc1-c1ccc(CN2CCCC2)cc1)C1CCCN1. The molecule has 2 aliphatic heterocycles. The van der Waals surface area contributed by atoms with Gasteiger partial charge in [0, 0.05) is 13.1 Å². The summed E-state index contributed by atoms with van der Waals surface area (Å²) >= 11 is 0. The van der Waals surface area contributed by atoms with Crippen LogP contribution in [0.5, 0.6) is 0 Å². The molecule has 0 aromatic heterocycles. The molecule has 1 amide bonds. The standard InChI is InChI=1S/C23H29N3O.ClH/c27-23(22-8-5-13-24-22)25-16-20-6-1-2-7-21(20)19-11-9-18(10-12-19)17-26-14-3-4-15-26;/h1-2,6-7,9-12,22,24H,3-5,8,13-17H2,(H,25,27);1H. The molecule has 2 heterocycles. The second-order valence-corrected chi connectivity index (χ2v) is 7.70. The van der Waals surface area contributed by atoms with E-state index in [9.17, 15) is 4.79 Å². The lowest BCUT2D eigenvalue weighted by atomic mass is 9.98. The summed E-state index contributed by atoms with van der Waals surface area (Å²) in [5.41, 5.74) is 4.95. The van der Waals surface area contributed by atoms with Gasteiger partial charge in [-0.25, -0.2) is 0 Å². The van der Waals surface area contributed by atoms with E-state index in [0.717, 1.165) is 31.5 Å². The second-order valence-electron chi connectivity index (χ2n) is 7.70. The van der Waals surface area contributed by atoms with Crippen LogP contribution in [0, 0.1) is 0 Å². The first kappa shape index (κ1) is 20.8. The molecule has 2 aromatic carbocycles. The fraction of sp³-hybridized carbons (Fsp3) is 0.435. The van der Waals surface area contributed by atoms with Gasteiger partial charge in [0.1, 0.15) is 0 Å². The molecule has 150 valence electrons. The number of hydrogen-bond acceptors (Lipinski definition) is 3. The van der Waals surface area contributed by atoms with Gasteiger partial charge in [0.2, 0.25) is 5.91 Å². The van der Waals surface area contributed by atoms with Gasteiger partial charge in [-0.3, -0.25) is 9.69 Å². The Morgan fingerprint density at radius 1 is 1.04 bits per heavy atom. The molecule has 2 saturated heterocycles. The van der Waals surface area contributed by atoms with Crippen LogP contribution in [0.25, 0.3) is 11.1 Å². The first-order chi connectivity index (χ1) is 13.3. The van der Waals surface area contributed by atoms with Crippen LogP contribution in [0.1, 0.15) is 36.8 Å². The maximum Gasteiger partial charge on any atom is 0.237 e. The minimum absolute atomic E-state index is 0. The van der Waals surface area contributed by atoms with E-state index in [-0.39, 0.29) is 24.4 Å². The van der Waals surface area contributed by atoms with Crippen molar-refractivity contribution in [3.8, 4) is 11.1 Å². The van der Waals surface area contributed by atoms with Gasteiger partial charge < -0.3 is 10.6 Å². The molecular formula is C23H30ClN3O. The average molecular weight is 400 g/mol. The number of nitrogens with zero attached hydrogens (tertiary/aromatic N) is 1. The normalized spacial score (nSPS) is 19.4. The summed E-state index contributed by atoms with van der Waals surface area (Å²) < 4.78 is 0. The van der Waals surface area contributed by atoms with Crippen LogP contribution in [0.2, 0.25) is 0 Å². The molecule has 0 bridgehead atoms. The Kier molecular flexibility index (Phi) is 7.49. The smallest absolute Gasteiger partial charge is 0.237 e. The largest absolute Gasteiger partial charge is 0.351 e. The summed E-state index contributed by atoms with van der Waals surface area (Å²) in [6.07, 6.45) is 4.67. The number of carbonyl (C=O) groups excluding carboxylic acids is 1. The van der Waals surface area contributed by atoms with Crippen LogP contribution in [0.15, 0.2) is 48.5 Å². The summed E-state index contributed by atoms with van der Waals surface area (Å²) in [4.78, 5) is 14.8. The molecule has 28 heavy (non-hydrogen) atoms. The summed E-state index contributed by atoms with van der Waals surface area (Å²) in [6, 6.07) is 17.2. The maximum atomic E-state index is 12.3. The number of halogens is 1. The molecule has 1 atom stereocenters. The lowest BCUT2D eigenvalue weighted by Gasteiger charge is -2.16. The van der Waals surface area contributed by atoms with E-state index in [4.69, 9.17) is 0 Å². The van der Waals surface area contributed by atoms with Crippen LogP contribution >= 0.6 is 12.4 Å². The van der Waals surface area contributed by atoms with Crippen LogP contribution in [-0.2, 0) is 17.9 Å². The van der Waals surface area contributed by atoms with E-state index >= 15 is 0 Å². The zero-order valence-electron chi connectivity index (χ0n) is 16.3. The number of amides is 1. The number of carbonyl (C=O) groups is 1. The number of likely N-dealkylation sites (tertiary alicyclic amines) is 1. The summed E-state index contributed by atoms with van der Waals surface area (Å²) in [5.74, 6) is 0.114. The van der Waals surface area contributed by atoms with Gasteiger partial charge in [-0.05, 0) is 67.6 Å². The molecule has 0 spiro atoms. The van der Waals surface area contributed by atoms with Crippen LogP contribution in [-0.4, -0.2) is 36.5 Å². The Morgan fingerprint density at radius 2 is 1.79 bits per heavy atom. The third-order valence-corrected chi connectivity index (χ3v) is 5.72. The van der Waals surface area contributed by atoms with Gasteiger partial charge in [-0.2, -0.15) is 0 Å². The fourth-order valence-electron chi connectivity index (χ4n) is 4.16. The molecule has 5 heteroatoms. The lowest BCUT2D eigenvalue weighted by molar-refractivity contribution is -0.122. The predicted octanol–water partition coefficient (Wildman–Crippen LogP) is 3.74. The zero-order valence-corrected chi connectivity index (χ0v) is 17.1. The van der Waals surface area contributed by atoms with Crippen LogP contribution < -0.4 is 10.6 Å². The highest BCUT2D eigenvalue weighted by Gasteiger charge is 2.21. The fourth-order valence-corrected chi connectivity index (χ4v) is 4.16. The van der Waals surface area contributed by atoms with Crippen molar-refractivity contribution < 1.29 is 4.79 Å². The molecular weight excluding hydrogens is 370 g/mol. The number of nitrogens with one attached hydrogen (secondary N) is 2. The summed E-state index contributed by atoms with van der Waals surface area (Å²) in [5, 5.41) is 6.36. The Balaban J connectivity index is 0.00000225. The Labute approximate surface area is 174 Å². The van der Waals surface area contributed by atoms with Crippen molar-refractivity contribution >= 4 is 18.3 Å². The van der Waals surface area contributed by atoms with Crippen molar-refractivity contribution in [3.05, 3.63) is 59.7 Å². The van der Waals surface area contributed by atoms with Crippen molar-refractivity contribution in [2.45, 2.75) is 44.8 Å². The third kappa shape index (κ3) is 5.13. The van der Waals surface area contributed by atoms with E-state index < -0.39 is 0 Å². The van der Waals surface area contributed by atoms with Crippen molar-refractivity contribution in [2.24, 2.45) is 0 Å². The quantitative estimate of drug-likeness (QED) is 0.777. The molecule has 2 aliphatic rings. The highest BCUT2D eigenvalue weighted by molar-refractivity contribution is 5.85. The van der Waals surface area contributed by atoms with E-state index in [0.29, 0.717) is 6.54 Å². The minimum atomic E-state index is -0.0259. The average Bonchev–Trinajstić information content (AvgIpc) is 3.41. The Morgan fingerprint density at radius 3 is 2.50 bits per heavy atom. The van der Waals surface area contributed by atoms with Gasteiger partial charge in [-0.1, -0.05) is 48.5 Å². The molecule has 2 fully saturated rings. The second kappa shape index (κ2) is 10.1. The van der Waals surface area contributed by atoms with Gasteiger partial charge in [0.05, 0.1) is 6.04 Å². The van der Waals surface area contributed by atoms with Gasteiger partial charge in [-0.15, -0.1) is 12.4 Å². The monoisotopic (exact) mass is 399 g/mol. The van der Waals surface area contributed by atoms with Crippen LogP contribution in [0.4, 0.5) is 0 Å². The van der Waals surface area contributed by atoms with Gasteiger partial charge in [0.15, 0.2) is 0 Å².